The number of benzene rings is 3. The summed E-state index contributed by atoms with van der Waals surface area (Å²) in [7, 11) is -19.0. The number of hydrogen-bond acceptors (Lipinski definition) is 14. The van der Waals surface area contributed by atoms with Gasteiger partial charge in [-0.3, -0.25) is 0 Å². The first-order valence-corrected chi connectivity index (χ1v) is 28.7. The number of rotatable bonds is 20. The van der Waals surface area contributed by atoms with Crippen molar-refractivity contribution in [2.45, 2.75) is 113 Å². The van der Waals surface area contributed by atoms with E-state index in [0.29, 0.717) is 53.2 Å². The van der Waals surface area contributed by atoms with Gasteiger partial charge in [-0.25, -0.2) is 42.5 Å². The molecule has 1 aliphatic carbocycles. The third-order valence-electron chi connectivity index (χ3n) is 13.0. The molecule has 2 aliphatic heterocycles. The molecular weight excluding hydrogens is 1090 g/mol. The molecule has 3 aromatic carbocycles. The third kappa shape index (κ3) is 15.1. The van der Waals surface area contributed by atoms with Gasteiger partial charge in [0, 0.05) is 59.0 Å². The molecule has 26 heteroatoms. The van der Waals surface area contributed by atoms with Crippen LogP contribution in [-0.4, -0.2) is 93.4 Å². The van der Waals surface area contributed by atoms with Crippen molar-refractivity contribution < 1.29 is 167 Å². The van der Waals surface area contributed by atoms with Crippen molar-refractivity contribution >= 4 is 63.1 Å². The molecule has 74 heavy (non-hydrogen) atoms. The summed E-state index contributed by atoms with van der Waals surface area (Å²) in [6.07, 6.45) is 7.70. The Morgan fingerprint density at radius 1 is 0.676 bits per heavy atom. The summed E-state index contributed by atoms with van der Waals surface area (Å²) in [5, 5.41) is 0. The van der Waals surface area contributed by atoms with Crippen molar-refractivity contribution in [3.05, 3.63) is 118 Å². The van der Waals surface area contributed by atoms with Gasteiger partial charge in [0.25, 0.3) is 0 Å². The van der Waals surface area contributed by atoms with Crippen LogP contribution in [0.3, 0.4) is 0 Å². The first-order valence-electron chi connectivity index (χ1n) is 22.7. The van der Waals surface area contributed by atoms with Gasteiger partial charge in [-0.1, -0.05) is 39.3 Å². The molecule has 0 unspecified atom stereocenters. The fraction of sp³-hybridized carbons (Fsp3) is 0.438. The van der Waals surface area contributed by atoms with Crippen molar-refractivity contribution in [1.82, 2.24) is 0 Å². The van der Waals surface area contributed by atoms with Gasteiger partial charge in [0.15, 0.2) is 23.1 Å². The summed E-state index contributed by atoms with van der Waals surface area (Å²) in [4.78, 5) is 0.675. The monoisotopic (exact) mass is 1140 g/mol. The fourth-order valence-electron chi connectivity index (χ4n) is 9.41. The molecule has 0 saturated carbocycles. The fourth-order valence-corrected chi connectivity index (χ4v) is 11.5. The number of allylic oxidation sites excluding steroid dienone is 8. The maximum absolute atomic E-state index is 16.7. The van der Waals surface area contributed by atoms with E-state index >= 15 is 17.6 Å². The number of nitrogens with zero attached hydrogens (tertiary/aromatic N) is 2. The molecule has 0 radical (unpaired) electrons. The number of fused-ring (bicyclic) bond motifs is 2. The Morgan fingerprint density at radius 3 is 1.78 bits per heavy atom. The molecule has 0 amide bonds. The number of anilines is 1. The van der Waals surface area contributed by atoms with E-state index in [2.05, 4.69) is 0 Å². The molecule has 0 N–H and O–H groups in total. The Bertz CT molecular complexity index is 3240. The van der Waals surface area contributed by atoms with Crippen LogP contribution in [0, 0.1) is 23.3 Å². The molecule has 3 aliphatic rings. The first-order chi connectivity index (χ1) is 32.9. The van der Waals surface area contributed by atoms with Crippen molar-refractivity contribution in [2.24, 2.45) is 0 Å². The van der Waals surface area contributed by atoms with Gasteiger partial charge < -0.3 is 27.8 Å². The van der Waals surface area contributed by atoms with Crippen LogP contribution in [-0.2, 0) is 51.3 Å². The van der Waals surface area contributed by atoms with Crippen LogP contribution in [0.15, 0.2) is 87.3 Å². The molecular formula is C48H53F4N2Na3O13S4. The van der Waals surface area contributed by atoms with Crippen LogP contribution in [0.2, 0.25) is 0 Å². The second-order valence-electron chi connectivity index (χ2n) is 18.6. The van der Waals surface area contributed by atoms with E-state index in [0.717, 1.165) is 12.1 Å². The van der Waals surface area contributed by atoms with Crippen LogP contribution in [0.5, 0.6) is 5.75 Å². The van der Waals surface area contributed by atoms with Gasteiger partial charge in [-0.2, -0.15) is 13.4 Å². The quantitative estimate of drug-likeness (QED) is 0.0332. The van der Waals surface area contributed by atoms with Gasteiger partial charge in [0.05, 0.1) is 47.6 Å². The van der Waals surface area contributed by atoms with E-state index in [9.17, 15) is 51.9 Å². The molecule has 0 spiro atoms. The van der Waals surface area contributed by atoms with E-state index in [1.807, 2.05) is 0 Å². The second-order valence-corrected chi connectivity index (χ2v) is 24.4. The molecule has 0 saturated heterocycles. The van der Waals surface area contributed by atoms with Crippen LogP contribution in [0.4, 0.5) is 28.9 Å². The summed E-state index contributed by atoms with van der Waals surface area (Å²) in [6.45, 7) is 8.55. The average Bonchev–Trinajstić information content (AvgIpc) is 3.61. The summed E-state index contributed by atoms with van der Waals surface area (Å²) < 4.78 is 214. The van der Waals surface area contributed by atoms with Crippen molar-refractivity contribution in [3.63, 3.8) is 0 Å². The molecule has 0 atom stereocenters. The smallest absolute Gasteiger partial charge is 0.748 e. The summed E-state index contributed by atoms with van der Waals surface area (Å²) in [5.74, 6) is -9.66. The van der Waals surface area contributed by atoms with E-state index in [1.165, 1.54) is 36.4 Å². The molecule has 388 valence electrons. The zero-order valence-electron chi connectivity index (χ0n) is 42.5. The summed E-state index contributed by atoms with van der Waals surface area (Å²) >= 11 is 0. The maximum Gasteiger partial charge on any atom is 1.00 e. The third-order valence-corrected chi connectivity index (χ3v) is 16.2. The summed E-state index contributed by atoms with van der Waals surface area (Å²) in [6, 6.07) is 7.47. The average molecular weight is 1140 g/mol. The molecule has 3 aromatic rings. The predicted molar refractivity (Wildman–Crippen MR) is 252 cm³/mol. The van der Waals surface area contributed by atoms with Crippen LogP contribution in [0.25, 0.3) is 5.57 Å². The summed E-state index contributed by atoms with van der Waals surface area (Å²) in [5.41, 5.74) is -0.595. The van der Waals surface area contributed by atoms with Crippen molar-refractivity contribution in [1.29, 1.82) is 0 Å². The van der Waals surface area contributed by atoms with Crippen LogP contribution in [0.1, 0.15) is 109 Å². The Kier molecular flexibility index (Phi) is 23.4. The van der Waals surface area contributed by atoms with Gasteiger partial charge in [0.1, 0.15) is 26.8 Å². The van der Waals surface area contributed by atoms with Gasteiger partial charge in [-0.05, 0) is 117 Å². The number of hydrogen-bond donors (Lipinski definition) is 0. The molecule has 0 fully saturated rings. The van der Waals surface area contributed by atoms with Crippen LogP contribution < -0.4 is 98.3 Å². The molecule has 15 nitrogen and oxygen atoms in total. The zero-order valence-corrected chi connectivity index (χ0v) is 51.8. The number of unbranched alkanes of at least 4 members (excludes halogenated alkanes) is 3. The van der Waals surface area contributed by atoms with E-state index in [1.54, 1.807) is 56.2 Å². The van der Waals surface area contributed by atoms with Crippen molar-refractivity contribution in [3.8, 4) is 5.75 Å². The van der Waals surface area contributed by atoms with E-state index in [4.69, 9.17) is 4.74 Å². The topological polar surface area (TPSA) is 244 Å². The minimum absolute atomic E-state index is 0. The van der Waals surface area contributed by atoms with Gasteiger partial charge >= 0.3 is 88.7 Å². The maximum atomic E-state index is 16.7. The van der Waals surface area contributed by atoms with Crippen LogP contribution >= 0.6 is 0 Å². The minimum Gasteiger partial charge on any atom is -0.748 e. The molecule has 0 bridgehead atoms. The number of halogens is 4. The molecule has 0 aromatic heterocycles. The Morgan fingerprint density at radius 2 is 1.23 bits per heavy atom. The largest absolute Gasteiger partial charge is 1.00 e. The minimum atomic E-state index is -4.93. The Labute approximate surface area is 497 Å². The van der Waals surface area contributed by atoms with Crippen molar-refractivity contribution in [2.75, 3.05) is 36.1 Å². The van der Waals surface area contributed by atoms with Gasteiger partial charge in [-0.15, -0.1) is 0 Å². The van der Waals surface area contributed by atoms with Gasteiger partial charge in [0.2, 0.25) is 17.3 Å². The zero-order chi connectivity index (χ0) is 52.6. The first kappa shape index (κ1) is 66.5. The Hall–Kier alpha value is -1.75. The normalized spacial score (nSPS) is 17.6. The standard InChI is InChI=1S/C48H56F4N2O13S4.3Na/c1-6-7-25-67-46-44(51)42(49)41(43(50)45(46)52)40-30(15-21-38-47(2,3)34-28-32(70(61,62)63)17-19-36(34)53(38)23-8-10-26-68(55,56)57)13-12-14-31(40)16-22-39-48(4,5)35-29-33(71(64,65)66)18-20-37(35)54(39)24-9-11-27-69(58,59)60;;;/h15-22,28-29H,6-14,23-27H2,1-5H3,(H3-,55,56,57,58,59,60,61,62,63,64,65,66);;;/q;3*+1/p-3. The predicted octanol–water partition coefficient (Wildman–Crippen LogP) is -0.929. The number of ether oxygens (including phenoxy) is 1. The van der Waals surface area contributed by atoms with E-state index in [-0.39, 0.29) is 164 Å². The SMILES string of the molecule is CCCCOc1c(F)c(F)c(C2=C(/C=C/C3=[N+](CCCCS(=O)(=O)[O-])c4ccc(S(=O)(=O)[O-])cc4C3(C)C)CCC/C2=C\C=C2\N(CCCCS(=O)(=O)[O-])c3ccc(S(=O)(=O)[O-])cc3C2(C)C)c(F)c1F.[Na+].[Na+].[Na+]. The second kappa shape index (κ2) is 26.0. The van der Waals surface area contributed by atoms with E-state index < -0.39 is 107 Å². The Balaban J connectivity index is 0.00000481. The molecule has 6 rings (SSSR count). The molecule has 2 heterocycles.